The van der Waals surface area contributed by atoms with Gasteiger partial charge in [-0.05, 0) is 25.0 Å². The van der Waals surface area contributed by atoms with Gasteiger partial charge >= 0.3 is 12.6 Å². The molecule has 0 spiro atoms. The molecule has 0 unspecified atom stereocenters. The van der Waals surface area contributed by atoms with Gasteiger partial charge < -0.3 is 20.5 Å². The lowest BCUT2D eigenvalue weighted by molar-refractivity contribution is -0.0495. The molecule has 1 saturated carbocycles. The zero-order chi connectivity index (χ0) is 16.9. The number of aliphatic hydroxyl groups is 1. The molecular formula is C15H19F3N2O3. The molecule has 0 atom stereocenters. The number of ether oxygens (including phenoxy) is 1. The van der Waals surface area contributed by atoms with Crippen LogP contribution in [-0.4, -0.2) is 29.9 Å². The van der Waals surface area contributed by atoms with Gasteiger partial charge in [-0.3, -0.25) is 0 Å². The molecule has 0 saturated heterocycles. The van der Waals surface area contributed by atoms with Gasteiger partial charge in [-0.1, -0.05) is 19.3 Å². The van der Waals surface area contributed by atoms with E-state index < -0.39 is 29.8 Å². The fourth-order valence-electron chi connectivity index (χ4n) is 2.59. The summed E-state index contributed by atoms with van der Waals surface area (Å²) in [4.78, 5) is 11.9. The van der Waals surface area contributed by atoms with Crippen molar-refractivity contribution in [3.63, 3.8) is 0 Å². The predicted molar refractivity (Wildman–Crippen MR) is 78.1 cm³/mol. The van der Waals surface area contributed by atoms with Crippen LogP contribution in [-0.2, 0) is 0 Å². The summed E-state index contributed by atoms with van der Waals surface area (Å²) in [7, 11) is 0. The number of halogens is 3. The largest absolute Gasteiger partial charge is 0.432 e. The first-order chi connectivity index (χ1) is 10.9. The summed E-state index contributed by atoms with van der Waals surface area (Å²) in [6.07, 6.45) is 4.04. The molecule has 2 rings (SSSR count). The maximum absolute atomic E-state index is 13.1. The lowest BCUT2D eigenvalue weighted by atomic mass is 9.85. The Labute approximate surface area is 131 Å². The van der Waals surface area contributed by atoms with Gasteiger partial charge in [0.2, 0.25) is 0 Å². The van der Waals surface area contributed by atoms with E-state index >= 15 is 0 Å². The fourth-order valence-corrected chi connectivity index (χ4v) is 2.59. The van der Waals surface area contributed by atoms with Crippen molar-refractivity contribution in [2.24, 2.45) is 0 Å². The second-order valence-corrected chi connectivity index (χ2v) is 5.61. The third-order valence-corrected chi connectivity index (χ3v) is 3.77. The Morgan fingerprint density at radius 3 is 2.65 bits per heavy atom. The molecule has 1 fully saturated rings. The molecule has 0 radical (unpaired) electrons. The first-order valence-corrected chi connectivity index (χ1v) is 7.40. The Bertz CT molecular complexity index is 549. The standard InChI is InChI=1S/C15H19F3N2O3/c16-10-4-5-11(12(8-10)23-13(17)18)20-14(21)19-9-15(22)6-2-1-3-7-15/h4-5,8,13,22H,1-3,6-7,9H2,(H2,19,20,21). The number of carbonyl (C=O) groups is 1. The Hall–Kier alpha value is -1.96. The number of carbonyl (C=O) groups excluding carboxylic acids is 1. The number of benzene rings is 1. The summed E-state index contributed by atoms with van der Waals surface area (Å²) in [6, 6.07) is 2.22. The molecule has 23 heavy (non-hydrogen) atoms. The van der Waals surface area contributed by atoms with Gasteiger partial charge in [-0.2, -0.15) is 8.78 Å². The first kappa shape index (κ1) is 17.4. The van der Waals surface area contributed by atoms with Crippen LogP contribution in [0.25, 0.3) is 0 Å². The smallest absolute Gasteiger partial charge is 0.387 e. The van der Waals surface area contributed by atoms with Crippen molar-refractivity contribution in [2.75, 3.05) is 11.9 Å². The van der Waals surface area contributed by atoms with E-state index in [1.807, 2.05) is 0 Å². The number of hydrogen-bond acceptors (Lipinski definition) is 3. The van der Waals surface area contributed by atoms with Crippen LogP contribution < -0.4 is 15.4 Å². The topological polar surface area (TPSA) is 70.6 Å². The van der Waals surface area contributed by atoms with Crippen LogP contribution in [0.2, 0.25) is 0 Å². The highest BCUT2D eigenvalue weighted by atomic mass is 19.3. The van der Waals surface area contributed by atoms with E-state index in [0.29, 0.717) is 12.8 Å². The number of urea groups is 1. The highest BCUT2D eigenvalue weighted by Gasteiger charge is 2.29. The summed E-state index contributed by atoms with van der Waals surface area (Å²) < 4.78 is 41.9. The van der Waals surface area contributed by atoms with Crippen LogP contribution in [0.3, 0.4) is 0 Å². The first-order valence-electron chi connectivity index (χ1n) is 7.40. The summed E-state index contributed by atoms with van der Waals surface area (Å²) in [5.41, 5.74) is -1.03. The van der Waals surface area contributed by atoms with Crippen molar-refractivity contribution in [3.05, 3.63) is 24.0 Å². The molecule has 8 heteroatoms. The third kappa shape index (κ3) is 5.31. The SMILES string of the molecule is O=C(NCC1(O)CCCCC1)Nc1ccc(F)cc1OC(F)F. The fraction of sp³-hybridized carbons (Fsp3) is 0.533. The molecule has 1 aliphatic carbocycles. The van der Waals surface area contributed by atoms with E-state index in [2.05, 4.69) is 15.4 Å². The number of hydrogen-bond donors (Lipinski definition) is 3. The van der Waals surface area contributed by atoms with Crippen molar-refractivity contribution in [3.8, 4) is 5.75 Å². The average molecular weight is 332 g/mol. The van der Waals surface area contributed by atoms with Crippen LogP contribution in [0.1, 0.15) is 32.1 Å². The minimum absolute atomic E-state index is 0.0606. The minimum atomic E-state index is -3.14. The molecule has 128 valence electrons. The van der Waals surface area contributed by atoms with Crippen LogP contribution in [0, 0.1) is 5.82 Å². The van der Waals surface area contributed by atoms with Gasteiger partial charge in [0.15, 0.2) is 5.75 Å². The zero-order valence-corrected chi connectivity index (χ0v) is 12.4. The lowest BCUT2D eigenvalue weighted by Crippen LogP contribution is -2.45. The summed E-state index contributed by atoms with van der Waals surface area (Å²) in [5, 5.41) is 15.1. The van der Waals surface area contributed by atoms with Gasteiger partial charge in [0, 0.05) is 12.6 Å². The predicted octanol–water partition coefficient (Wildman–Crippen LogP) is 3.24. The molecule has 1 aromatic rings. The van der Waals surface area contributed by atoms with Crippen LogP contribution in [0.4, 0.5) is 23.7 Å². The van der Waals surface area contributed by atoms with E-state index in [9.17, 15) is 23.1 Å². The second-order valence-electron chi connectivity index (χ2n) is 5.61. The van der Waals surface area contributed by atoms with Gasteiger partial charge in [0.05, 0.1) is 11.3 Å². The van der Waals surface area contributed by atoms with Crippen molar-refractivity contribution in [2.45, 2.75) is 44.3 Å². The van der Waals surface area contributed by atoms with Gasteiger partial charge in [0.25, 0.3) is 0 Å². The maximum Gasteiger partial charge on any atom is 0.387 e. The van der Waals surface area contributed by atoms with E-state index in [0.717, 1.165) is 37.5 Å². The zero-order valence-electron chi connectivity index (χ0n) is 12.4. The molecule has 0 bridgehead atoms. The van der Waals surface area contributed by atoms with E-state index in [1.165, 1.54) is 0 Å². The average Bonchev–Trinajstić information content (AvgIpc) is 2.48. The number of nitrogens with one attached hydrogen (secondary N) is 2. The van der Waals surface area contributed by atoms with E-state index in [-0.39, 0.29) is 12.2 Å². The number of alkyl halides is 2. The van der Waals surface area contributed by atoms with Crippen molar-refractivity contribution < 1.29 is 27.8 Å². The molecule has 0 heterocycles. The van der Waals surface area contributed by atoms with Crippen LogP contribution >= 0.6 is 0 Å². The molecule has 3 N–H and O–H groups in total. The highest BCUT2D eigenvalue weighted by molar-refractivity contribution is 5.90. The molecule has 1 aromatic carbocycles. The normalized spacial score (nSPS) is 16.9. The quantitative estimate of drug-likeness (QED) is 0.775. The molecule has 2 amide bonds. The number of anilines is 1. The van der Waals surface area contributed by atoms with Crippen molar-refractivity contribution >= 4 is 11.7 Å². The third-order valence-electron chi connectivity index (χ3n) is 3.77. The second kappa shape index (κ2) is 7.54. The molecule has 0 aromatic heterocycles. The Balaban J connectivity index is 1.94. The molecule has 0 aliphatic heterocycles. The van der Waals surface area contributed by atoms with E-state index in [4.69, 9.17) is 0 Å². The lowest BCUT2D eigenvalue weighted by Gasteiger charge is -2.32. The molecule has 5 nitrogen and oxygen atoms in total. The summed E-state index contributed by atoms with van der Waals surface area (Å²) in [5.74, 6) is -1.23. The minimum Gasteiger partial charge on any atom is -0.432 e. The van der Waals surface area contributed by atoms with Gasteiger partial charge in [-0.25, -0.2) is 9.18 Å². The van der Waals surface area contributed by atoms with Gasteiger partial charge in [0.1, 0.15) is 5.82 Å². The number of amides is 2. The Morgan fingerprint density at radius 1 is 1.30 bits per heavy atom. The molecule has 1 aliphatic rings. The Morgan fingerprint density at radius 2 is 2.00 bits per heavy atom. The maximum atomic E-state index is 13.1. The van der Waals surface area contributed by atoms with Crippen molar-refractivity contribution in [1.82, 2.24) is 5.32 Å². The monoisotopic (exact) mass is 332 g/mol. The van der Waals surface area contributed by atoms with Crippen LogP contribution in [0.5, 0.6) is 5.75 Å². The summed E-state index contributed by atoms with van der Waals surface area (Å²) >= 11 is 0. The van der Waals surface area contributed by atoms with E-state index in [1.54, 1.807) is 0 Å². The Kier molecular flexibility index (Phi) is 5.70. The van der Waals surface area contributed by atoms with Crippen LogP contribution in [0.15, 0.2) is 18.2 Å². The number of rotatable bonds is 5. The molecular weight excluding hydrogens is 313 g/mol. The van der Waals surface area contributed by atoms with Gasteiger partial charge in [-0.15, -0.1) is 0 Å². The summed E-state index contributed by atoms with van der Waals surface area (Å²) in [6.45, 7) is -3.08. The highest BCUT2D eigenvalue weighted by Crippen LogP contribution is 2.28. The van der Waals surface area contributed by atoms with Crippen molar-refractivity contribution in [1.29, 1.82) is 0 Å².